The Bertz CT molecular complexity index is 410. The first-order valence-corrected chi connectivity index (χ1v) is 7.57. The summed E-state index contributed by atoms with van der Waals surface area (Å²) in [7, 11) is 3.94. The molecule has 114 valence electrons. The van der Waals surface area contributed by atoms with E-state index >= 15 is 0 Å². The van der Waals surface area contributed by atoms with Gasteiger partial charge in [0.2, 0.25) is 5.95 Å². The fourth-order valence-corrected chi connectivity index (χ4v) is 2.81. The molecule has 20 heavy (non-hydrogen) atoms. The minimum atomic E-state index is 0.307. The molecular weight excluding hydrogens is 252 g/mol. The van der Waals surface area contributed by atoms with Crippen LogP contribution in [0.5, 0.6) is 0 Å². The molecule has 0 aromatic carbocycles. The molecule has 1 unspecified atom stereocenters. The van der Waals surface area contributed by atoms with E-state index in [9.17, 15) is 0 Å². The second kappa shape index (κ2) is 7.09. The molecule has 0 spiro atoms. The van der Waals surface area contributed by atoms with Crippen LogP contribution in [0.1, 0.15) is 31.5 Å². The highest BCUT2D eigenvalue weighted by molar-refractivity contribution is 5.29. The largest absolute Gasteiger partial charge is 0.383 e. The molecular formula is C15H28N4O. The SMILES string of the molecule is COCC(C)n1cc(C)nc1NCC1CCN(C)CC1. The highest BCUT2D eigenvalue weighted by Gasteiger charge is 2.18. The van der Waals surface area contributed by atoms with Crippen molar-refractivity contribution in [3.05, 3.63) is 11.9 Å². The number of anilines is 1. The molecule has 2 heterocycles. The van der Waals surface area contributed by atoms with Crippen LogP contribution in [0.25, 0.3) is 0 Å². The van der Waals surface area contributed by atoms with Crippen LogP contribution in [0.3, 0.4) is 0 Å². The molecule has 1 aliphatic heterocycles. The van der Waals surface area contributed by atoms with Crippen molar-refractivity contribution < 1.29 is 4.74 Å². The van der Waals surface area contributed by atoms with Crippen molar-refractivity contribution in [3.63, 3.8) is 0 Å². The van der Waals surface area contributed by atoms with Crippen LogP contribution in [0, 0.1) is 12.8 Å². The van der Waals surface area contributed by atoms with Crippen LogP contribution in [-0.4, -0.2) is 54.8 Å². The third-order valence-electron chi connectivity index (χ3n) is 4.12. The molecule has 1 aromatic heterocycles. The number of imidazole rings is 1. The van der Waals surface area contributed by atoms with Gasteiger partial charge in [-0.1, -0.05) is 0 Å². The van der Waals surface area contributed by atoms with Gasteiger partial charge in [-0.25, -0.2) is 4.98 Å². The number of nitrogens with zero attached hydrogens (tertiary/aromatic N) is 3. The third-order valence-corrected chi connectivity index (χ3v) is 4.12. The maximum Gasteiger partial charge on any atom is 0.203 e. The van der Waals surface area contributed by atoms with Gasteiger partial charge in [-0.15, -0.1) is 0 Å². The maximum absolute atomic E-state index is 5.25. The maximum atomic E-state index is 5.25. The Morgan fingerprint density at radius 2 is 2.15 bits per heavy atom. The minimum absolute atomic E-state index is 0.307. The van der Waals surface area contributed by atoms with Crippen molar-refractivity contribution in [1.29, 1.82) is 0 Å². The third kappa shape index (κ3) is 3.96. The second-order valence-electron chi connectivity index (χ2n) is 6.05. The van der Waals surface area contributed by atoms with Gasteiger partial charge in [0.15, 0.2) is 0 Å². The summed E-state index contributed by atoms with van der Waals surface area (Å²) in [6, 6.07) is 0.307. The summed E-state index contributed by atoms with van der Waals surface area (Å²) < 4.78 is 7.43. The topological polar surface area (TPSA) is 42.3 Å². The average molecular weight is 280 g/mol. The van der Waals surface area contributed by atoms with E-state index < -0.39 is 0 Å². The summed E-state index contributed by atoms with van der Waals surface area (Å²) >= 11 is 0. The molecule has 1 aromatic rings. The molecule has 0 saturated carbocycles. The predicted octanol–water partition coefficient (Wildman–Crippen LogP) is 2.15. The van der Waals surface area contributed by atoms with Gasteiger partial charge >= 0.3 is 0 Å². The molecule has 2 rings (SSSR count). The number of methoxy groups -OCH3 is 1. The lowest BCUT2D eigenvalue weighted by molar-refractivity contribution is 0.163. The molecule has 1 aliphatic rings. The standard InChI is InChI=1S/C15H28N4O/c1-12-10-19(13(2)11-20-4)15(17-12)16-9-14-5-7-18(3)8-6-14/h10,13-14H,5-9,11H2,1-4H3,(H,16,17). The molecule has 0 amide bonds. The van der Waals surface area contributed by atoms with Gasteiger partial charge in [0.25, 0.3) is 0 Å². The highest BCUT2D eigenvalue weighted by atomic mass is 16.5. The van der Waals surface area contributed by atoms with E-state index in [1.165, 1.54) is 25.9 Å². The molecule has 1 N–H and O–H groups in total. The van der Waals surface area contributed by atoms with Gasteiger partial charge < -0.3 is 19.5 Å². The first-order valence-electron chi connectivity index (χ1n) is 7.57. The van der Waals surface area contributed by atoms with Crippen LogP contribution in [0.4, 0.5) is 5.95 Å². The van der Waals surface area contributed by atoms with E-state index in [2.05, 4.69) is 39.9 Å². The minimum Gasteiger partial charge on any atom is -0.383 e. The number of aromatic nitrogens is 2. The fraction of sp³-hybridized carbons (Fsp3) is 0.800. The van der Waals surface area contributed by atoms with E-state index in [4.69, 9.17) is 4.74 Å². The Morgan fingerprint density at radius 1 is 1.45 bits per heavy atom. The lowest BCUT2D eigenvalue weighted by Gasteiger charge is -2.29. The van der Waals surface area contributed by atoms with E-state index in [-0.39, 0.29) is 0 Å². The number of hydrogen-bond donors (Lipinski definition) is 1. The van der Waals surface area contributed by atoms with Crippen LogP contribution in [0.15, 0.2) is 6.20 Å². The molecule has 0 bridgehead atoms. The molecule has 1 atom stereocenters. The zero-order chi connectivity index (χ0) is 14.5. The Labute approximate surface area is 122 Å². The molecule has 5 heteroatoms. The first-order chi connectivity index (χ1) is 9.60. The number of rotatable bonds is 6. The summed E-state index contributed by atoms with van der Waals surface area (Å²) in [5.41, 5.74) is 1.05. The molecule has 1 fully saturated rings. The Hall–Kier alpha value is -1.07. The lowest BCUT2D eigenvalue weighted by Crippen LogP contribution is -2.33. The van der Waals surface area contributed by atoms with Crippen molar-refractivity contribution in [1.82, 2.24) is 14.5 Å². The summed E-state index contributed by atoms with van der Waals surface area (Å²) in [4.78, 5) is 7.00. The van der Waals surface area contributed by atoms with Crippen molar-refractivity contribution in [2.24, 2.45) is 5.92 Å². The van der Waals surface area contributed by atoms with Crippen molar-refractivity contribution in [2.75, 3.05) is 45.7 Å². The number of aryl methyl sites for hydroxylation is 1. The van der Waals surface area contributed by atoms with Gasteiger partial charge in [-0.2, -0.15) is 0 Å². The van der Waals surface area contributed by atoms with Crippen LogP contribution >= 0.6 is 0 Å². The van der Waals surface area contributed by atoms with Gasteiger partial charge in [-0.3, -0.25) is 0 Å². The summed E-state index contributed by atoms with van der Waals surface area (Å²) in [5.74, 6) is 1.74. The number of likely N-dealkylation sites (tertiary alicyclic amines) is 1. The van der Waals surface area contributed by atoms with E-state index in [0.29, 0.717) is 12.6 Å². The molecule has 0 radical (unpaired) electrons. The van der Waals surface area contributed by atoms with Gasteiger partial charge in [0.05, 0.1) is 18.3 Å². The number of ether oxygens (including phenoxy) is 1. The Morgan fingerprint density at radius 3 is 2.80 bits per heavy atom. The lowest BCUT2D eigenvalue weighted by atomic mass is 9.97. The van der Waals surface area contributed by atoms with E-state index in [0.717, 1.165) is 24.1 Å². The summed E-state index contributed by atoms with van der Waals surface area (Å²) in [6.07, 6.45) is 4.65. The normalized spacial score (nSPS) is 19.2. The van der Waals surface area contributed by atoms with Crippen LogP contribution in [0.2, 0.25) is 0 Å². The zero-order valence-corrected chi connectivity index (χ0v) is 13.2. The fourth-order valence-electron chi connectivity index (χ4n) is 2.81. The summed E-state index contributed by atoms with van der Waals surface area (Å²) in [5, 5.41) is 3.54. The number of hydrogen-bond acceptors (Lipinski definition) is 4. The van der Waals surface area contributed by atoms with E-state index in [1.54, 1.807) is 7.11 Å². The second-order valence-corrected chi connectivity index (χ2v) is 6.05. The number of piperidine rings is 1. The van der Waals surface area contributed by atoms with Crippen LogP contribution in [-0.2, 0) is 4.74 Å². The Kier molecular flexibility index (Phi) is 5.43. The quantitative estimate of drug-likeness (QED) is 0.867. The van der Waals surface area contributed by atoms with Gasteiger partial charge in [0.1, 0.15) is 0 Å². The average Bonchev–Trinajstić information content (AvgIpc) is 2.80. The molecule has 0 aliphatic carbocycles. The highest BCUT2D eigenvalue weighted by Crippen LogP contribution is 2.19. The van der Waals surface area contributed by atoms with Gasteiger partial charge in [-0.05, 0) is 52.7 Å². The van der Waals surface area contributed by atoms with Crippen LogP contribution < -0.4 is 5.32 Å². The van der Waals surface area contributed by atoms with E-state index in [1.807, 2.05) is 6.92 Å². The van der Waals surface area contributed by atoms with Crippen molar-refractivity contribution >= 4 is 5.95 Å². The molecule has 1 saturated heterocycles. The van der Waals surface area contributed by atoms with Crippen molar-refractivity contribution in [2.45, 2.75) is 32.7 Å². The first kappa shape index (κ1) is 15.3. The summed E-state index contributed by atoms with van der Waals surface area (Å²) in [6.45, 7) is 8.34. The Balaban J connectivity index is 1.92. The van der Waals surface area contributed by atoms with Gasteiger partial charge in [0, 0.05) is 19.9 Å². The zero-order valence-electron chi connectivity index (χ0n) is 13.2. The number of nitrogens with one attached hydrogen (secondary N) is 1. The molecule has 5 nitrogen and oxygen atoms in total. The smallest absolute Gasteiger partial charge is 0.203 e. The van der Waals surface area contributed by atoms with Crippen molar-refractivity contribution in [3.8, 4) is 0 Å². The monoisotopic (exact) mass is 280 g/mol. The predicted molar refractivity (Wildman–Crippen MR) is 82.3 cm³/mol.